The lowest BCUT2D eigenvalue weighted by molar-refractivity contribution is 0.0787. The van der Waals surface area contributed by atoms with Gasteiger partial charge in [0.1, 0.15) is 16.3 Å². The van der Waals surface area contributed by atoms with Crippen LogP contribution in [0, 0.1) is 5.82 Å². The molecule has 0 saturated carbocycles. The van der Waals surface area contributed by atoms with Gasteiger partial charge in [-0.1, -0.05) is 23.9 Å². The van der Waals surface area contributed by atoms with E-state index >= 15 is 0 Å². The first-order chi connectivity index (χ1) is 16.0. The van der Waals surface area contributed by atoms with E-state index in [4.69, 9.17) is 0 Å². The maximum absolute atomic E-state index is 13.2. The lowest BCUT2D eigenvalue weighted by atomic mass is 10.1. The standard InChI is InChI=1S/C23H19FN4O3S2/c24-15-5-3-13(4-6-15)16-11-32-21-19(16)20(30)26-23(27-21)33-12-18(29)14-9-17(25-10-14)22(31)28-7-1-2-8-28/h3-6,9-11,25H,1-2,7-8,12H2,(H,26,27,30). The Bertz CT molecular complexity index is 1400. The van der Waals surface area contributed by atoms with Crippen LogP contribution in [-0.2, 0) is 0 Å². The van der Waals surface area contributed by atoms with E-state index in [9.17, 15) is 18.8 Å². The van der Waals surface area contributed by atoms with Crippen LogP contribution in [0.5, 0.6) is 0 Å². The monoisotopic (exact) mass is 482 g/mol. The van der Waals surface area contributed by atoms with Crippen LogP contribution in [-0.4, -0.2) is 50.4 Å². The minimum Gasteiger partial charge on any atom is -0.356 e. The first kappa shape index (κ1) is 21.6. The molecule has 4 aromatic rings. The predicted octanol–water partition coefficient (Wildman–Crippen LogP) is 4.33. The summed E-state index contributed by atoms with van der Waals surface area (Å²) < 4.78 is 13.2. The van der Waals surface area contributed by atoms with Crippen molar-refractivity contribution >= 4 is 45.0 Å². The molecule has 4 heterocycles. The van der Waals surface area contributed by atoms with Crippen LogP contribution in [0.15, 0.2) is 51.9 Å². The van der Waals surface area contributed by atoms with E-state index in [1.54, 1.807) is 29.3 Å². The largest absolute Gasteiger partial charge is 0.356 e. The van der Waals surface area contributed by atoms with Crippen molar-refractivity contribution in [2.24, 2.45) is 0 Å². The normalized spacial score (nSPS) is 13.7. The molecule has 0 unspecified atom stereocenters. The molecule has 0 spiro atoms. The minimum atomic E-state index is -0.344. The van der Waals surface area contributed by atoms with Gasteiger partial charge < -0.3 is 14.9 Å². The highest BCUT2D eigenvalue weighted by atomic mass is 32.2. The molecule has 3 aromatic heterocycles. The number of halogens is 1. The van der Waals surface area contributed by atoms with Crippen molar-refractivity contribution in [3.05, 3.63) is 69.3 Å². The number of benzene rings is 1. The van der Waals surface area contributed by atoms with E-state index < -0.39 is 0 Å². The minimum absolute atomic E-state index is 0.0693. The Labute approximate surface area is 196 Å². The Morgan fingerprint density at radius 3 is 2.70 bits per heavy atom. The first-order valence-corrected chi connectivity index (χ1v) is 12.3. The number of thioether (sulfide) groups is 1. The number of rotatable bonds is 6. The Morgan fingerprint density at radius 2 is 1.94 bits per heavy atom. The van der Waals surface area contributed by atoms with Gasteiger partial charge in [-0.15, -0.1) is 11.3 Å². The number of ketones is 1. The van der Waals surface area contributed by atoms with Crippen molar-refractivity contribution in [3.8, 4) is 11.1 Å². The molecule has 10 heteroatoms. The van der Waals surface area contributed by atoms with Crippen LogP contribution in [0.4, 0.5) is 4.39 Å². The van der Waals surface area contributed by atoms with Gasteiger partial charge in [0.05, 0.1) is 11.1 Å². The zero-order chi connectivity index (χ0) is 22.9. The fourth-order valence-corrected chi connectivity index (χ4v) is 5.59. The smallest absolute Gasteiger partial charge is 0.270 e. The highest BCUT2D eigenvalue weighted by Gasteiger charge is 2.22. The van der Waals surface area contributed by atoms with Gasteiger partial charge in [0.25, 0.3) is 11.5 Å². The third-order valence-corrected chi connectivity index (χ3v) is 7.29. The molecule has 33 heavy (non-hydrogen) atoms. The van der Waals surface area contributed by atoms with Crippen molar-refractivity contribution in [1.29, 1.82) is 0 Å². The van der Waals surface area contributed by atoms with E-state index in [1.807, 2.05) is 5.38 Å². The van der Waals surface area contributed by atoms with Crippen LogP contribution in [0.25, 0.3) is 21.3 Å². The number of nitrogens with one attached hydrogen (secondary N) is 2. The zero-order valence-corrected chi connectivity index (χ0v) is 19.0. The molecule has 1 aliphatic heterocycles. The second-order valence-corrected chi connectivity index (χ2v) is 9.54. The molecular weight excluding hydrogens is 463 g/mol. The van der Waals surface area contributed by atoms with Crippen LogP contribution < -0.4 is 5.56 Å². The van der Waals surface area contributed by atoms with Crippen LogP contribution in [0.1, 0.15) is 33.7 Å². The molecule has 2 N–H and O–H groups in total. The molecule has 0 atom stereocenters. The molecule has 0 radical (unpaired) electrons. The summed E-state index contributed by atoms with van der Waals surface area (Å²) in [5, 5.41) is 2.61. The Morgan fingerprint density at radius 1 is 1.18 bits per heavy atom. The van der Waals surface area contributed by atoms with Crippen LogP contribution in [0.2, 0.25) is 0 Å². The van der Waals surface area contributed by atoms with Gasteiger partial charge in [0, 0.05) is 35.8 Å². The molecule has 1 saturated heterocycles. The maximum atomic E-state index is 13.2. The molecule has 1 amide bonds. The summed E-state index contributed by atoms with van der Waals surface area (Å²) >= 11 is 2.45. The van der Waals surface area contributed by atoms with Crippen molar-refractivity contribution in [2.75, 3.05) is 18.8 Å². The lowest BCUT2D eigenvalue weighted by Crippen LogP contribution is -2.27. The number of aromatic nitrogens is 3. The second kappa shape index (κ2) is 8.95. The molecule has 7 nitrogen and oxygen atoms in total. The highest BCUT2D eigenvalue weighted by molar-refractivity contribution is 7.99. The summed E-state index contributed by atoms with van der Waals surface area (Å²) in [4.78, 5) is 50.3. The molecule has 1 fully saturated rings. The Hall–Kier alpha value is -3.24. The number of hydrogen-bond acceptors (Lipinski definition) is 6. The number of nitrogens with zero attached hydrogens (tertiary/aromatic N) is 2. The molecule has 1 aromatic carbocycles. The van der Waals surface area contributed by atoms with E-state index in [0.717, 1.165) is 43.3 Å². The van der Waals surface area contributed by atoms with Crippen molar-refractivity contribution in [2.45, 2.75) is 18.0 Å². The van der Waals surface area contributed by atoms with Gasteiger partial charge in [-0.25, -0.2) is 9.37 Å². The van der Waals surface area contributed by atoms with Crippen molar-refractivity contribution < 1.29 is 14.0 Å². The summed E-state index contributed by atoms with van der Waals surface area (Å²) in [5.41, 5.74) is 1.94. The fraction of sp³-hybridized carbons (Fsp3) is 0.217. The number of carbonyl (C=O) groups is 2. The number of aromatic amines is 2. The topological polar surface area (TPSA) is 98.9 Å². The summed E-state index contributed by atoms with van der Waals surface area (Å²) in [6.45, 7) is 1.48. The van der Waals surface area contributed by atoms with E-state index in [-0.39, 0.29) is 28.8 Å². The van der Waals surface area contributed by atoms with Gasteiger partial charge in [0.2, 0.25) is 0 Å². The van der Waals surface area contributed by atoms with Crippen molar-refractivity contribution in [1.82, 2.24) is 19.9 Å². The summed E-state index contributed by atoms with van der Waals surface area (Å²) in [6.07, 6.45) is 3.54. The highest BCUT2D eigenvalue weighted by Crippen LogP contribution is 2.31. The van der Waals surface area contributed by atoms with Gasteiger partial charge in [-0.05, 0) is 36.6 Å². The third kappa shape index (κ3) is 4.36. The molecule has 5 rings (SSSR count). The molecular formula is C23H19FN4O3S2. The summed E-state index contributed by atoms with van der Waals surface area (Å²) in [5.74, 6) is -0.536. The second-order valence-electron chi connectivity index (χ2n) is 7.72. The third-order valence-electron chi connectivity index (χ3n) is 5.55. The number of thiophene rings is 1. The van der Waals surface area contributed by atoms with Gasteiger partial charge in [-0.2, -0.15) is 0 Å². The SMILES string of the molecule is O=C(CSc1nc2scc(-c3ccc(F)cc3)c2c(=O)[nH]1)c1c[nH]c(C(=O)N2CCCC2)c1. The summed E-state index contributed by atoms with van der Waals surface area (Å²) in [7, 11) is 0. The molecule has 0 aliphatic carbocycles. The first-order valence-electron chi connectivity index (χ1n) is 10.4. The van der Waals surface area contributed by atoms with Gasteiger partial charge >= 0.3 is 0 Å². The number of carbonyl (C=O) groups excluding carboxylic acids is 2. The zero-order valence-electron chi connectivity index (χ0n) is 17.4. The Kier molecular flexibility index (Phi) is 5.86. The average molecular weight is 483 g/mol. The molecule has 1 aliphatic rings. The molecule has 0 bridgehead atoms. The number of Topliss-reactive ketones (excluding diaryl/α,β-unsaturated/α-hetero) is 1. The fourth-order valence-electron chi connectivity index (χ4n) is 3.83. The van der Waals surface area contributed by atoms with Crippen LogP contribution in [0.3, 0.4) is 0 Å². The van der Waals surface area contributed by atoms with Gasteiger partial charge in [-0.3, -0.25) is 14.4 Å². The average Bonchev–Trinajstić information content (AvgIpc) is 3.58. The lowest BCUT2D eigenvalue weighted by Gasteiger charge is -2.13. The number of amides is 1. The number of H-pyrrole nitrogens is 2. The predicted molar refractivity (Wildman–Crippen MR) is 127 cm³/mol. The maximum Gasteiger partial charge on any atom is 0.270 e. The number of fused-ring (bicyclic) bond motifs is 1. The van der Waals surface area contributed by atoms with E-state index in [2.05, 4.69) is 15.0 Å². The quantitative estimate of drug-likeness (QED) is 0.242. The molecule has 168 valence electrons. The summed E-state index contributed by atoms with van der Waals surface area (Å²) in [6, 6.07) is 7.52. The number of hydrogen-bond donors (Lipinski definition) is 2. The van der Waals surface area contributed by atoms with Crippen molar-refractivity contribution in [3.63, 3.8) is 0 Å². The van der Waals surface area contributed by atoms with E-state index in [0.29, 0.717) is 32.2 Å². The Balaban J connectivity index is 1.30. The van der Waals surface area contributed by atoms with Gasteiger partial charge in [0.15, 0.2) is 10.9 Å². The number of likely N-dealkylation sites (tertiary alicyclic amines) is 1. The van der Waals surface area contributed by atoms with Crippen LogP contribution >= 0.6 is 23.1 Å². The van der Waals surface area contributed by atoms with E-state index in [1.165, 1.54) is 23.5 Å².